The highest BCUT2D eigenvalue weighted by molar-refractivity contribution is 7.13. The van der Waals surface area contributed by atoms with Crippen LogP contribution in [0.1, 0.15) is 37.0 Å². The molecule has 0 aliphatic rings. The Morgan fingerprint density at radius 3 is 2.71 bits per heavy atom. The molecular formula is C15H21N3O2S. The Morgan fingerprint density at radius 2 is 2.10 bits per heavy atom. The van der Waals surface area contributed by atoms with Crippen molar-refractivity contribution in [1.29, 1.82) is 0 Å². The van der Waals surface area contributed by atoms with Gasteiger partial charge in [0.1, 0.15) is 11.5 Å². The van der Waals surface area contributed by atoms with Crippen molar-refractivity contribution in [1.82, 2.24) is 15.6 Å². The van der Waals surface area contributed by atoms with Gasteiger partial charge in [0.25, 0.3) is 5.91 Å². The second-order valence-corrected chi connectivity index (χ2v) is 6.74. The van der Waals surface area contributed by atoms with Gasteiger partial charge in [0, 0.05) is 24.0 Å². The fourth-order valence-electron chi connectivity index (χ4n) is 1.74. The van der Waals surface area contributed by atoms with E-state index in [4.69, 9.17) is 4.42 Å². The highest BCUT2D eigenvalue weighted by Gasteiger charge is 2.14. The monoisotopic (exact) mass is 307 g/mol. The van der Waals surface area contributed by atoms with E-state index in [0.29, 0.717) is 18.0 Å². The van der Waals surface area contributed by atoms with Gasteiger partial charge in [0.05, 0.1) is 0 Å². The number of aryl methyl sites for hydroxylation is 1. The molecule has 2 aromatic heterocycles. The summed E-state index contributed by atoms with van der Waals surface area (Å²) in [5, 5.41) is 8.64. The molecule has 2 rings (SSSR count). The van der Waals surface area contributed by atoms with Crippen LogP contribution in [0.15, 0.2) is 21.9 Å². The molecule has 2 heterocycles. The van der Waals surface area contributed by atoms with Gasteiger partial charge < -0.3 is 15.1 Å². The van der Waals surface area contributed by atoms with Crippen LogP contribution in [0.25, 0.3) is 10.8 Å². The summed E-state index contributed by atoms with van der Waals surface area (Å²) in [6, 6.07) is 3.75. The zero-order valence-electron chi connectivity index (χ0n) is 12.8. The Kier molecular flexibility index (Phi) is 4.80. The van der Waals surface area contributed by atoms with Crippen LogP contribution >= 0.6 is 11.3 Å². The third-order valence-electron chi connectivity index (χ3n) is 2.75. The van der Waals surface area contributed by atoms with Gasteiger partial charge in [-0.1, -0.05) is 0 Å². The van der Waals surface area contributed by atoms with Crippen molar-refractivity contribution in [2.24, 2.45) is 0 Å². The molecule has 0 saturated heterocycles. The maximum absolute atomic E-state index is 12.0. The summed E-state index contributed by atoms with van der Waals surface area (Å²) in [5.41, 5.74) is 0.482. The fraction of sp³-hybridized carbons (Fsp3) is 0.467. The highest BCUT2D eigenvalue weighted by atomic mass is 32.1. The van der Waals surface area contributed by atoms with E-state index >= 15 is 0 Å². The second-order valence-electron chi connectivity index (χ2n) is 5.88. The maximum Gasteiger partial charge on any atom is 0.270 e. The van der Waals surface area contributed by atoms with Gasteiger partial charge in [0.2, 0.25) is 0 Å². The van der Waals surface area contributed by atoms with E-state index in [1.54, 1.807) is 5.38 Å². The van der Waals surface area contributed by atoms with Crippen LogP contribution < -0.4 is 10.6 Å². The predicted molar refractivity (Wildman–Crippen MR) is 84.6 cm³/mol. The van der Waals surface area contributed by atoms with Crippen LogP contribution in [-0.2, 0) is 0 Å². The molecule has 0 bridgehead atoms. The Bertz CT molecular complexity index is 610. The standard InChI is InChI=1S/C15H21N3O2S/c1-10-5-6-12(20-10)14-18-11(9-21-14)13(19)16-7-8-17-15(2,3)4/h5-6,9,17H,7-8H2,1-4H3,(H,16,19). The Balaban J connectivity index is 1.88. The minimum absolute atomic E-state index is 0.0513. The summed E-state index contributed by atoms with van der Waals surface area (Å²) in [4.78, 5) is 16.3. The van der Waals surface area contributed by atoms with Crippen molar-refractivity contribution in [3.8, 4) is 10.8 Å². The second kappa shape index (κ2) is 6.41. The van der Waals surface area contributed by atoms with Crippen LogP contribution in [-0.4, -0.2) is 29.5 Å². The number of carbonyl (C=O) groups is 1. The zero-order chi connectivity index (χ0) is 15.5. The average Bonchev–Trinajstić information content (AvgIpc) is 3.01. The van der Waals surface area contributed by atoms with E-state index in [1.807, 2.05) is 19.1 Å². The molecule has 0 atom stereocenters. The minimum Gasteiger partial charge on any atom is -0.459 e. The van der Waals surface area contributed by atoms with E-state index in [9.17, 15) is 4.79 Å². The molecule has 6 heteroatoms. The lowest BCUT2D eigenvalue weighted by molar-refractivity contribution is 0.0949. The Labute approximate surface area is 128 Å². The van der Waals surface area contributed by atoms with Crippen molar-refractivity contribution in [3.05, 3.63) is 29.0 Å². The first kappa shape index (κ1) is 15.7. The van der Waals surface area contributed by atoms with Crippen LogP contribution in [0.2, 0.25) is 0 Å². The number of hydrogen-bond acceptors (Lipinski definition) is 5. The number of furan rings is 1. The molecular weight excluding hydrogens is 286 g/mol. The van der Waals surface area contributed by atoms with E-state index < -0.39 is 0 Å². The molecule has 5 nitrogen and oxygen atoms in total. The van der Waals surface area contributed by atoms with Gasteiger partial charge in [-0.15, -0.1) is 11.3 Å². The van der Waals surface area contributed by atoms with Crippen LogP contribution in [0, 0.1) is 6.92 Å². The molecule has 0 spiro atoms. The fourth-order valence-corrected chi connectivity index (χ4v) is 2.50. The molecule has 0 aliphatic heterocycles. The van der Waals surface area contributed by atoms with E-state index in [2.05, 4.69) is 36.4 Å². The minimum atomic E-state index is -0.156. The van der Waals surface area contributed by atoms with Crippen molar-refractivity contribution < 1.29 is 9.21 Å². The summed E-state index contributed by atoms with van der Waals surface area (Å²) < 4.78 is 5.50. The first-order valence-corrected chi connectivity index (χ1v) is 7.79. The molecule has 114 valence electrons. The van der Waals surface area contributed by atoms with Gasteiger partial charge in [-0.05, 0) is 39.8 Å². The molecule has 21 heavy (non-hydrogen) atoms. The molecule has 1 amide bonds. The number of aromatic nitrogens is 1. The SMILES string of the molecule is Cc1ccc(-c2nc(C(=O)NCCNC(C)(C)C)cs2)o1. The lowest BCUT2D eigenvalue weighted by Gasteiger charge is -2.20. The van der Waals surface area contributed by atoms with E-state index in [0.717, 1.165) is 17.3 Å². The predicted octanol–water partition coefficient (Wildman–Crippen LogP) is 2.83. The largest absolute Gasteiger partial charge is 0.459 e. The highest BCUT2D eigenvalue weighted by Crippen LogP contribution is 2.25. The lowest BCUT2D eigenvalue weighted by atomic mass is 10.1. The number of amides is 1. The van der Waals surface area contributed by atoms with Gasteiger partial charge in [-0.2, -0.15) is 0 Å². The molecule has 0 unspecified atom stereocenters. The summed E-state index contributed by atoms with van der Waals surface area (Å²) in [7, 11) is 0. The quantitative estimate of drug-likeness (QED) is 0.834. The third kappa shape index (κ3) is 4.68. The lowest BCUT2D eigenvalue weighted by Crippen LogP contribution is -2.41. The van der Waals surface area contributed by atoms with Gasteiger partial charge in [0.15, 0.2) is 10.8 Å². The van der Waals surface area contributed by atoms with Gasteiger partial charge in [-0.3, -0.25) is 4.79 Å². The number of nitrogens with one attached hydrogen (secondary N) is 2. The van der Waals surface area contributed by atoms with Gasteiger partial charge >= 0.3 is 0 Å². The summed E-state index contributed by atoms with van der Waals surface area (Å²) >= 11 is 1.41. The van der Waals surface area contributed by atoms with E-state index in [1.165, 1.54) is 11.3 Å². The summed E-state index contributed by atoms with van der Waals surface area (Å²) in [6.07, 6.45) is 0. The number of rotatable bonds is 5. The molecule has 0 fully saturated rings. The van der Waals surface area contributed by atoms with Crippen molar-refractivity contribution in [2.75, 3.05) is 13.1 Å². The molecule has 0 aromatic carbocycles. The first-order chi connectivity index (χ1) is 9.85. The van der Waals surface area contributed by atoms with Crippen LogP contribution in [0.5, 0.6) is 0 Å². The smallest absolute Gasteiger partial charge is 0.270 e. The van der Waals surface area contributed by atoms with Crippen molar-refractivity contribution >= 4 is 17.2 Å². The molecule has 0 aliphatic carbocycles. The number of hydrogen-bond donors (Lipinski definition) is 2. The average molecular weight is 307 g/mol. The van der Waals surface area contributed by atoms with Gasteiger partial charge in [-0.25, -0.2) is 4.98 Å². The number of thiazole rings is 1. The zero-order valence-corrected chi connectivity index (χ0v) is 13.6. The first-order valence-electron chi connectivity index (χ1n) is 6.91. The maximum atomic E-state index is 12.0. The molecule has 2 N–H and O–H groups in total. The van der Waals surface area contributed by atoms with Crippen LogP contribution in [0.4, 0.5) is 0 Å². The summed E-state index contributed by atoms with van der Waals surface area (Å²) in [6.45, 7) is 9.45. The normalized spacial score (nSPS) is 11.6. The number of nitrogens with zero attached hydrogens (tertiary/aromatic N) is 1. The van der Waals surface area contributed by atoms with Crippen LogP contribution in [0.3, 0.4) is 0 Å². The molecule has 2 aromatic rings. The molecule has 0 saturated carbocycles. The third-order valence-corrected chi connectivity index (χ3v) is 3.61. The summed E-state index contributed by atoms with van der Waals surface area (Å²) in [5.74, 6) is 1.38. The van der Waals surface area contributed by atoms with Crippen molar-refractivity contribution in [3.63, 3.8) is 0 Å². The van der Waals surface area contributed by atoms with E-state index in [-0.39, 0.29) is 11.4 Å². The van der Waals surface area contributed by atoms with Crippen molar-refractivity contribution in [2.45, 2.75) is 33.2 Å². The number of carbonyl (C=O) groups excluding carboxylic acids is 1. The Morgan fingerprint density at radius 1 is 1.33 bits per heavy atom. The Hall–Kier alpha value is -1.66. The topological polar surface area (TPSA) is 67.2 Å². The molecule has 0 radical (unpaired) electrons.